The van der Waals surface area contributed by atoms with Gasteiger partial charge in [0, 0.05) is 30.7 Å². The Morgan fingerprint density at radius 3 is 2.79 bits per heavy atom. The van der Waals surface area contributed by atoms with Crippen LogP contribution in [0.3, 0.4) is 0 Å². The van der Waals surface area contributed by atoms with Crippen LogP contribution in [-0.2, 0) is 4.74 Å². The van der Waals surface area contributed by atoms with Crippen molar-refractivity contribution in [1.82, 2.24) is 9.88 Å². The normalized spacial score (nSPS) is 21.1. The molecule has 1 atom stereocenters. The molecule has 0 aliphatic carbocycles. The third kappa shape index (κ3) is 3.83. The summed E-state index contributed by atoms with van der Waals surface area (Å²) >= 11 is 0. The highest BCUT2D eigenvalue weighted by Crippen LogP contribution is 2.33. The molecule has 0 saturated carbocycles. The number of likely N-dealkylation sites (tertiary alicyclic amines) is 1. The second kappa shape index (κ2) is 8.43. The molecule has 28 heavy (non-hydrogen) atoms. The van der Waals surface area contributed by atoms with Gasteiger partial charge in [0.15, 0.2) is 0 Å². The number of esters is 1. The maximum atomic E-state index is 14.0. The third-order valence-electron chi connectivity index (χ3n) is 5.97. The van der Waals surface area contributed by atoms with Gasteiger partial charge in [-0.15, -0.1) is 0 Å². The average molecular weight is 385 g/mol. The summed E-state index contributed by atoms with van der Waals surface area (Å²) in [5.74, 6) is -0.710. The monoisotopic (exact) mass is 385 g/mol. The Hall–Kier alpha value is -2.21. The van der Waals surface area contributed by atoms with Gasteiger partial charge in [-0.2, -0.15) is 0 Å². The molecule has 1 unspecified atom stereocenters. The van der Waals surface area contributed by atoms with Gasteiger partial charge in [-0.3, -0.25) is 4.98 Å². The summed E-state index contributed by atoms with van der Waals surface area (Å²) < 4.78 is 19.3. The van der Waals surface area contributed by atoms with Gasteiger partial charge < -0.3 is 14.5 Å². The van der Waals surface area contributed by atoms with E-state index in [1.54, 1.807) is 19.2 Å². The molecule has 3 heterocycles. The lowest BCUT2D eigenvalue weighted by molar-refractivity contribution is 0.0527. The molecule has 0 N–H and O–H groups in total. The van der Waals surface area contributed by atoms with Crippen molar-refractivity contribution < 1.29 is 13.9 Å². The van der Waals surface area contributed by atoms with E-state index in [-0.39, 0.29) is 5.82 Å². The summed E-state index contributed by atoms with van der Waals surface area (Å²) in [6, 6.07) is 5.18. The number of halogens is 1. The van der Waals surface area contributed by atoms with Gasteiger partial charge in [-0.25, -0.2) is 9.18 Å². The number of anilines is 1. The minimum atomic E-state index is -0.392. The lowest BCUT2D eigenvalue weighted by Crippen LogP contribution is -2.34. The predicted octanol–water partition coefficient (Wildman–Crippen LogP) is 4.01. The fourth-order valence-electron chi connectivity index (χ4n) is 4.62. The van der Waals surface area contributed by atoms with Gasteiger partial charge in [0.25, 0.3) is 0 Å². The Labute approximate surface area is 165 Å². The minimum Gasteiger partial charge on any atom is -0.462 e. The summed E-state index contributed by atoms with van der Waals surface area (Å²) in [5, 5.41) is 0.685. The Bertz CT molecular complexity index is 851. The number of carbonyl (C=O) groups excluding carboxylic acids is 1. The molecule has 0 radical (unpaired) electrons. The molecule has 2 saturated heterocycles. The first-order valence-electron chi connectivity index (χ1n) is 10.4. The number of rotatable bonds is 4. The standard InChI is InChI=1S/C22H28FN3O2/c1-2-28-22(27)19-15-24-20-8-7-16(23)14-18(20)21(19)26-12-5-6-17(9-13-26)25-10-3-4-11-25/h7-8,14-15,17H,2-6,9-13H2,1H3. The smallest absolute Gasteiger partial charge is 0.341 e. The molecule has 0 bridgehead atoms. The van der Waals surface area contributed by atoms with Crippen LogP contribution in [0.4, 0.5) is 10.1 Å². The van der Waals surface area contributed by atoms with Crippen LogP contribution >= 0.6 is 0 Å². The molecular formula is C22H28FN3O2. The van der Waals surface area contributed by atoms with Crippen molar-refractivity contribution in [2.75, 3.05) is 37.7 Å². The average Bonchev–Trinajstić information content (AvgIpc) is 3.12. The third-order valence-corrected chi connectivity index (χ3v) is 5.97. The molecule has 1 aromatic carbocycles. The molecule has 0 spiro atoms. The van der Waals surface area contributed by atoms with Crippen LogP contribution in [0.2, 0.25) is 0 Å². The number of pyridine rings is 1. The van der Waals surface area contributed by atoms with Crippen molar-refractivity contribution in [1.29, 1.82) is 0 Å². The van der Waals surface area contributed by atoms with Crippen LogP contribution in [0.5, 0.6) is 0 Å². The molecule has 2 aromatic rings. The number of carbonyl (C=O) groups is 1. The van der Waals surface area contributed by atoms with Gasteiger partial charge in [-0.05, 0) is 70.3 Å². The number of ether oxygens (including phenoxy) is 1. The second-order valence-electron chi connectivity index (χ2n) is 7.72. The van der Waals surface area contributed by atoms with Crippen LogP contribution in [0.25, 0.3) is 10.9 Å². The molecular weight excluding hydrogens is 357 g/mol. The second-order valence-corrected chi connectivity index (χ2v) is 7.72. The highest BCUT2D eigenvalue weighted by Gasteiger charge is 2.28. The van der Waals surface area contributed by atoms with Crippen LogP contribution < -0.4 is 4.90 Å². The Morgan fingerprint density at radius 2 is 2.00 bits per heavy atom. The molecule has 6 heteroatoms. The zero-order valence-electron chi connectivity index (χ0n) is 16.5. The number of fused-ring (bicyclic) bond motifs is 1. The van der Waals surface area contributed by atoms with Gasteiger partial charge in [0.2, 0.25) is 0 Å². The van der Waals surface area contributed by atoms with Crippen LogP contribution in [0, 0.1) is 5.82 Å². The molecule has 2 aliphatic heterocycles. The maximum absolute atomic E-state index is 14.0. The zero-order valence-corrected chi connectivity index (χ0v) is 16.5. The number of aromatic nitrogens is 1. The summed E-state index contributed by atoms with van der Waals surface area (Å²) in [7, 11) is 0. The van der Waals surface area contributed by atoms with Crippen LogP contribution in [0.15, 0.2) is 24.4 Å². The van der Waals surface area contributed by atoms with Crippen molar-refractivity contribution >= 4 is 22.6 Å². The summed E-state index contributed by atoms with van der Waals surface area (Å²) in [6.07, 6.45) is 7.45. The van der Waals surface area contributed by atoms with Crippen molar-refractivity contribution in [2.45, 2.75) is 45.1 Å². The van der Waals surface area contributed by atoms with Crippen molar-refractivity contribution in [3.63, 3.8) is 0 Å². The number of hydrogen-bond donors (Lipinski definition) is 0. The first-order valence-corrected chi connectivity index (χ1v) is 10.4. The van der Waals surface area contributed by atoms with E-state index < -0.39 is 5.97 Å². The fourth-order valence-corrected chi connectivity index (χ4v) is 4.62. The Kier molecular flexibility index (Phi) is 5.76. The summed E-state index contributed by atoms with van der Waals surface area (Å²) in [6.45, 7) is 6.19. The molecule has 150 valence electrons. The van der Waals surface area contributed by atoms with Gasteiger partial charge in [0.05, 0.1) is 17.8 Å². The molecule has 2 aliphatic rings. The van der Waals surface area contributed by atoms with Gasteiger partial charge in [-0.1, -0.05) is 0 Å². The molecule has 1 aromatic heterocycles. The largest absolute Gasteiger partial charge is 0.462 e. The highest BCUT2D eigenvalue weighted by molar-refractivity contribution is 6.05. The number of nitrogens with zero attached hydrogens (tertiary/aromatic N) is 3. The number of hydrogen-bond acceptors (Lipinski definition) is 5. The first-order chi connectivity index (χ1) is 13.7. The zero-order chi connectivity index (χ0) is 19.5. The summed E-state index contributed by atoms with van der Waals surface area (Å²) in [5.41, 5.74) is 1.90. The van der Waals surface area contributed by atoms with E-state index in [0.29, 0.717) is 29.1 Å². The Morgan fingerprint density at radius 1 is 1.18 bits per heavy atom. The number of benzene rings is 1. The van der Waals surface area contributed by atoms with Gasteiger partial charge in [0.1, 0.15) is 11.4 Å². The molecule has 4 rings (SSSR count). The van der Waals surface area contributed by atoms with Crippen LogP contribution in [-0.4, -0.2) is 54.7 Å². The minimum absolute atomic E-state index is 0.302. The summed E-state index contributed by atoms with van der Waals surface area (Å²) in [4.78, 5) is 21.8. The van der Waals surface area contributed by atoms with E-state index >= 15 is 0 Å². The maximum Gasteiger partial charge on any atom is 0.341 e. The van der Waals surface area contributed by atoms with Crippen LogP contribution in [0.1, 0.15) is 49.4 Å². The van der Waals surface area contributed by atoms with E-state index in [4.69, 9.17) is 4.74 Å². The highest BCUT2D eigenvalue weighted by atomic mass is 19.1. The van der Waals surface area contributed by atoms with Gasteiger partial charge >= 0.3 is 5.97 Å². The Balaban J connectivity index is 1.69. The fraction of sp³-hybridized carbons (Fsp3) is 0.545. The van der Waals surface area contributed by atoms with Crippen molar-refractivity contribution in [3.8, 4) is 0 Å². The molecule has 2 fully saturated rings. The lowest BCUT2D eigenvalue weighted by atomic mass is 10.1. The lowest BCUT2D eigenvalue weighted by Gasteiger charge is -2.28. The predicted molar refractivity (Wildman–Crippen MR) is 108 cm³/mol. The van der Waals surface area contributed by atoms with E-state index in [2.05, 4.69) is 14.8 Å². The van der Waals surface area contributed by atoms with E-state index in [1.807, 2.05) is 0 Å². The SMILES string of the molecule is CCOC(=O)c1cnc2ccc(F)cc2c1N1CCCC(N2CCCC2)CC1. The van der Waals surface area contributed by atoms with E-state index in [1.165, 1.54) is 44.5 Å². The quantitative estimate of drug-likeness (QED) is 0.745. The van der Waals surface area contributed by atoms with E-state index in [9.17, 15) is 9.18 Å². The first kappa shape index (κ1) is 19.1. The van der Waals surface area contributed by atoms with E-state index in [0.717, 1.165) is 31.6 Å². The van der Waals surface area contributed by atoms with Crippen molar-refractivity contribution in [3.05, 3.63) is 35.8 Å². The topological polar surface area (TPSA) is 45.7 Å². The molecule has 0 amide bonds. The van der Waals surface area contributed by atoms with Crippen molar-refractivity contribution in [2.24, 2.45) is 0 Å². The molecule has 5 nitrogen and oxygen atoms in total.